The van der Waals surface area contributed by atoms with Gasteiger partial charge in [-0.25, -0.2) is 0 Å². The minimum absolute atomic E-state index is 0.138. The minimum Gasteiger partial charge on any atom is -0.399 e. The van der Waals surface area contributed by atoms with E-state index in [0.717, 1.165) is 29.7 Å². The summed E-state index contributed by atoms with van der Waals surface area (Å²) in [6, 6.07) is 7.99. The Balaban J connectivity index is 2.05. The molecule has 0 saturated carbocycles. The first-order chi connectivity index (χ1) is 9.44. The van der Waals surface area contributed by atoms with Crippen molar-refractivity contribution in [2.45, 2.75) is 32.5 Å². The van der Waals surface area contributed by atoms with Gasteiger partial charge in [-0.05, 0) is 45.0 Å². The van der Waals surface area contributed by atoms with Crippen molar-refractivity contribution >= 4 is 22.3 Å². The number of nitrogens with zero attached hydrogens (tertiary/aromatic N) is 2. The molecule has 1 aromatic heterocycles. The van der Waals surface area contributed by atoms with Gasteiger partial charge in [-0.15, -0.1) is 0 Å². The van der Waals surface area contributed by atoms with E-state index in [2.05, 4.69) is 42.8 Å². The van der Waals surface area contributed by atoms with Crippen molar-refractivity contribution in [1.82, 2.24) is 4.98 Å². The second kappa shape index (κ2) is 4.63. The molecule has 1 saturated heterocycles. The summed E-state index contributed by atoms with van der Waals surface area (Å²) in [5.41, 5.74) is 8.60. The van der Waals surface area contributed by atoms with Gasteiger partial charge < -0.3 is 15.4 Å². The maximum Gasteiger partial charge on any atom is 0.0805 e. The predicted octanol–water partition coefficient (Wildman–Crippen LogP) is 2.82. The number of benzene rings is 1. The van der Waals surface area contributed by atoms with E-state index in [9.17, 15) is 0 Å². The van der Waals surface area contributed by atoms with Gasteiger partial charge in [0.05, 0.1) is 17.2 Å². The van der Waals surface area contributed by atoms with Gasteiger partial charge in [0.1, 0.15) is 0 Å². The summed E-state index contributed by atoms with van der Waals surface area (Å²) in [4.78, 5) is 6.80. The van der Waals surface area contributed by atoms with Gasteiger partial charge in [0, 0.05) is 36.0 Å². The normalized spacial score (nSPS) is 22.1. The molecule has 1 fully saturated rings. The zero-order valence-corrected chi connectivity index (χ0v) is 12.3. The van der Waals surface area contributed by atoms with Gasteiger partial charge in [-0.3, -0.25) is 4.98 Å². The maximum absolute atomic E-state index is 5.98. The molecule has 0 aliphatic carbocycles. The molecular weight excluding hydrogens is 250 g/mol. The van der Waals surface area contributed by atoms with Crippen LogP contribution in [0, 0.1) is 0 Å². The number of nitrogen functional groups attached to an aromatic ring is 1. The first-order valence-corrected chi connectivity index (χ1v) is 7.02. The van der Waals surface area contributed by atoms with Gasteiger partial charge >= 0.3 is 0 Å². The molecule has 1 aliphatic heterocycles. The topological polar surface area (TPSA) is 51.4 Å². The van der Waals surface area contributed by atoms with Gasteiger partial charge in [0.15, 0.2) is 0 Å². The Labute approximate surface area is 119 Å². The maximum atomic E-state index is 5.98. The summed E-state index contributed by atoms with van der Waals surface area (Å²) in [6.07, 6.45) is 2.07. The molecule has 106 valence electrons. The molecule has 3 rings (SSSR count). The molecule has 0 bridgehead atoms. The molecule has 0 radical (unpaired) electrons. The summed E-state index contributed by atoms with van der Waals surface area (Å²) < 4.78 is 5.98. The molecular formula is C16H21N3O. The summed E-state index contributed by atoms with van der Waals surface area (Å²) in [5, 5.41) is 1.15. The molecule has 1 aromatic carbocycles. The van der Waals surface area contributed by atoms with Crippen LogP contribution in [0.4, 0.5) is 11.4 Å². The Morgan fingerprint density at radius 3 is 2.90 bits per heavy atom. The zero-order valence-electron chi connectivity index (χ0n) is 12.3. The molecule has 2 aromatic rings. The van der Waals surface area contributed by atoms with Crippen molar-refractivity contribution in [2.24, 2.45) is 0 Å². The van der Waals surface area contributed by atoms with E-state index >= 15 is 0 Å². The van der Waals surface area contributed by atoms with Crippen LogP contribution < -0.4 is 10.6 Å². The van der Waals surface area contributed by atoms with Gasteiger partial charge in [0.2, 0.25) is 0 Å². The van der Waals surface area contributed by atoms with E-state index in [1.807, 2.05) is 18.3 Å². The predicted molar refractivity (Wildman–Crippen MR) is 83.0 cm³/mol. The quantitative estimate of drug-likeness (QED) is 0.810. The fourth-order valence-electron chi connectivity index (χ4n) is 3.06. The number of morpholine rings is 1. The van der Waals surface area contributed by atoms with Crippen LogP contribution in [0.2, 0.25) is 0 Å². The Hall–Kier alpha value is -1.81. The first kappa shape index (κ1) is 13.2. The molecule has 2 heterocycles. The van der Waals surface area contributed by atoms with Crippen LogP contribution in [0.25, 0.3) is 10.9 Å². The van der Waals surface area contributed by atoms with Crippen molar-refractivity contribution < 1.29 is 4.74 Å². The Morgan fingerprint density at radius 2 is 2.15 bits per heavy atom. The molecule has 4 heteroatoms. The third-order valence-corrected chi connectivity index (χ3v) is 3.65. The lowest BCUT2D eigenvalue weighted by molar-refractivity contribution is -0.0749. The van der Waals surface area contributed by atoms with E-state index in [1.54, 1.807) is 0 Å². The van der Waals surface area contributed by atoms with Crippen molar-refractivity contribution in [3.63, 3.8) is 0 Å². The number of nitrogens with two attached hydrogens (primary N) is 1. The standard InChI is InChI=1S/C16H21N3O/c1-11-9-19(10-16(2,3)20-11)15-6-7-18-14-8-12(17)4-5-13(14)15/h4-8,11H,9-10,17H2,1-3H3. The fraction of sp³-hybridized carbons (Fsp3) is 0.438. The number of hydrogen-bond acceptors (Lipinski definition) is 4. The molecule has 0 spiro atoms. The van der Waals surface area contributed by atoms with Crippen molar-refractivity contribution in [2.75, 3.05) is 23.7 Å². The Kier molecular flexibility index (Phi) is 3.05. The monoisotopic (exact) mass is 271 g/mol. The van der Waals surface area contributed by atoms with E-state index < -0.39 is 0 Å². The van der Waals surface area contributed by atoms with Crippen LogP contribution in [0.1, 0.15) is 20.8 Å². The summed E-state index contributed by atoms with van der Waals surface area (Å²) in [7, 11) is 0. The number of aromatic nitrogens is 1. The van der Waals surface area contributed by atoms with Crippen LogP contribution in [0.15, 0.2) is 30.5 Å². The van der Waals surface area contributed by atoms with Crippen molar-refractivity contribution in [3.8, 4) is 0 Å². The van der Waals surface area contributed by atoms with Gasteiger partial charge in [-0.2, -0.15) is 0 Å². The average Bonchev–Trinajstić information content (AvgIpc) is 2.35. The lowest BCUT2D eigenvalue weighted by atomic mass is 10.0. The molecule has 2 N–H and O–H groups in total. The molecule has 1 unspecified atom stereocenters. The van der Waals surface area contributed by atoms with Gasteiger partial charge in [-0.1, -0.05) is 0 Å². The Morgan fingerprint density at radius 1 is 1.35 bits per heavy atom. The van der Waals surface area contributed by atoms with E-state index in [4.69, 9.17) is 10.5 Å². The lowest BCUT2D eigenvalue weighted by Gasteiger charge is -2.43. The molecule has 1 aliphatic rings. The van der Waals surface area contributed by atoms with E-state index in [-0.39, 0.29) is 11.7 Å². The fourth-order valence-corrected chi connectivity index (χ4v) is 3.06. The van der Waals surface area contributed by atoms with Crippen molar-refractivity contribution in [1.29, 1.82) is 0 Å². The Bertz CT molecular complexity index is 639. The third kappa shape index (κ3) is 2.43. The molecule has 0 amide bonds. The van der Waals surface area contributed by atoms with Crippen LogP contribution in [-0.4, -0.2) is 29.8 Å². The number of anilines is 2. The summed E-state index contributed by atoms with van der Waals surface area (Å²) in [6.45, 7) is 8.16. The highest BCUT2D eigenvalue weighted by molar-refractivity contribution is 5.93. The van der Waals surface area contributed by atoms with Gasteiger partial charge in [0.25, 0.3) is 0 Å². The van der Waals surface area contributed by atoms with E-state index in [1.165, 1.54) is 5.69 Å². The average molecular weight is 271 g/mol. The van der Waals surface area contributed by atoms with Crippen LogP contribution in [-0.2, 0) is 4.74 Å². The zero-order chi connectivity index (χ0) is 14.3. The highest BCUT2D eigenvalue weighted by Crippen LogP contribution is 2.31. The van der Waals surface area contributed by atoms with Crippen LogP contribution in [0.5, 0.6) is 0 Å². The number of rotatable bonds is 1. The smallest absolute Gasteiger partial charge is 0.0805 e. The first-order valence-electron chi connectivity index (χ1n) is 7.02. The summed E-state index contributed by atoms with van der Waals surface area (Å²) >= 11 is 0. The molecule has 1 atom stereocenters. The SMILES string of the molecule is CC1CN(c2ccnc3cc(N)ccc23)CC(C)(C)O1. The number of pyridine rings is 1. The lowest BCUT2D eigenvalue weighted by Crippen LogP contribution is -2.52. The minimum atomic E-state index is -0.138. The largest absolute Gasteiger partial charge is 0.399 e. The number of ether oxygens (including phenoxy) is 1. The molecule has 20 heavy (non-hydrogen) atoms. The van der Waals surface area contributed by atoms with Crippen molar-refractivity contribution in [3.05, 3.63) is 30.5 Å². The van der Waals surface area contributed by atoms with Crippen LogP contribution >= 0.6 is 0 Å². The number of hydrogen-bond donors (Lipinski definition) is 1. The van der Waals surface area contributed by atoms with Crippen LogP contribution in [0.3, 0.4) is 0 Å². The summed E-state index contributed by atoms with van der Waals surface area (Å²) in [5.74, 6) is 0. The van der Waals surface area contributed by atoms with E-state index in [0.29, 0.717) is 0 Å². The highest BCUT2D eigenvalue weighted by Gasteiger charge is 2.31. The third-order valence-electron chi connectivity index (χ3n) is 3.65. The highest BCUT2D eigenvalue weighted by atomic mass is 16.5. The second-order valence-corrected chi connectivity index (χ2v) is 6.18. The number of fused-ring (bicyclic) bond motifs is 1. The molecule has 4 nitrogen and oxygen atoms in total. The second-order valence-electron chi connectivity index (χ2n) is 6.18.